The van der Waals surface area contributed by atoms with Crippen LogP contribution in [0.25, 0.3) is 0 Å². The van der Waals surface area contributed by atoms with Gasteiger partial charge in [0.2, 0.25) is 0 Å². The zero-order valence-corrected chi connectivity index (χ0v) is 9.47. The molecule has 0 unspecified atom stereocenters. The summed E-state index contributed by atoms with van der Waals surface area (Å²) < 4.78 is 10.2. The largest absolute Gasteiger partial charge is 0.497 e. The van der Waals surface area contributed by atoms with E-state index >= 15 is 0 Å². The molecule has 1 N–H and O–H groups in total. The number of carbonyl (C=O) groups is 1. The van der Waals surface area contributed by atoms with Gasteiger partial charge in [0.15, 0.2) is 6.10 Å². The Labute approximate surface area is 94.8 Å². The van der Waals surface area contributed by atoms with Gasteiger partial charge in [-0.15, -0.1) is 0 Å². The van der Waals surface area contributed by atoms with Gasteiger partial charge in [0, 0.05) is 13.0 Å². The molecule has 4 nitrogen and oxygen atoms in total. The molecule has 0 aliphatic carbocycles. The Balaban J connectivity index is 2.72. The molecule has 0 heterocycles. The summed E-state index contributed by atoms with van der Waals surface area (Å²) in [6, 6.07) is 7.32. The summed E-state index contributed by atoms with van der Waals surface area (Å²) in [5, 5.41) is 8.94. The van der Waals surface area contributed by atoms with Crippen molar-refractivity contribution in [3.8, 4) is 5.75 Å². The lowest BCUT2D eigenvalue weighted by Gasteiger charge is -2.12. The first-order chi connectivity index (χ1) is 7.67. The Morgan fingerprint density at radius 3 is 2.81 bits per heavy atom. The van der Waals surface area contributed by atoms with Crippen LogP contribution in [0.1, 0.15) is 12.5 Å². The molecular weight excluding hydrogens is 208 g/mol. The number of hydrogen-bond donors (Lipinski definition) is 1. The van der Waals surface area contributed by atoms with Crippen LogP contribution in [0, 0.1) is 0 Å². The first-order valence-electron chi connectivity index (χ1n) is 5.14. The van der Waals surface area contributed by atoms with Gasteiger partial charge in [-0.3, -0.25) is 0 Å². The minimum Gasteiger partial charge on any atom is -0.497 e. The molecule has 88 valence electrons. The fraction of sp³-hybridized carbons (Fsp3) is 0.417. The Bertz CT molecular complexity index is 349. The van der Waals surface area contributed by atoms with Gasteiger partial charge < -0.3 is 14.6 Å². The number of hydrogen-bond acceptors (Lipinski definition) is 3. The van der Waals surface area contributed by atoms with Gasteiger partial charge in [-0.05, 0) is 24.6 Å². The predicted molar refractivity (Wildman–Crippen MR) is 59.7 cm³/mol. The second-order valence-corrected chi connectivity index (χ2v) is 3.34. The monoisotopic (exact) mass is 224 g/mol. The lowest BCUT2D eigenvalue weighted by molar-refractivity contribution is -0.149. The molecular formula is C12H16O4. The standard InChI is InChI=1S/C12H16O4/c1-3-16-11(12(13)14)8-9-5-4-6-10(7-9)15-2/h4-7,11H,3,8H2,1-2H3,(H,13,14)/t11-/m0/s1. The second-order valence-electron chi connectivity index (χ2n) is 3.34. The third kappa shape index (κ3) is 3.55. The van der Waals surface area contributed by atoms with Crippen LogP contribution >= 0.6 is 0 Å². The first kappa shape index (κ1) is 12.5. The summed E-state index contributed by atoms with van der Waals surface area (Å²) >= 11 is 0. The van der Waals surface area contributed by atoms with Crippen molar-refractivity contribution in [2.45, 2.75) is 19.4 Å². The zero-order chi connectivity index (χ0) is 12.0. The SMILES string of the molecule is CCO[C@@H](Cc1cccc(OC)c1)C(=O)O. The summed E-state index contributed by atoms with van der Waals surface area (Å²) in [4.78, 5) is 10.9. The van der Waals surface area contributed by atoms with Crippen LogP contribution < -0.4 is 4.74 Å². The van der Waals surface area contributed by atoms with E-state index in [0.29, 0.717) is 13.0 Å². The molecule has 0 aromatic heterocycles. The van der Waals surface area contributed by atoms with Crippen molar-refractivity contribution in [2.75, 3.05) is 13.7 Å². The number of aliphatic carboxylic acids is 1. The Morgan fingerprint density at radius 1 is 1.50 bits per heavy atom. The first-order valence-corrected chi connectivity index (χ1v) is 5.14. The van der Waals surface area contributed by atoms with Crippen LogP contribution in [0.15, 0.2) is 24.3 Å². The van der Waals surface area contributed by atoms with E-state index < -0.39 is 12.1 Å². The van der Waals surface area contributed by atoms with Crippen LogP contribution in [0.2, 0.25) is 0 Å². The molecule has 0 bridgehead atoms. The molecule has 0 fully saturated rings. The van der Waals surface area contributed by atoms with E-state index in [0.717, 1.165) is 11.3 Å². The highest BCUT2D eigenvalue weighted by atomic mass is 16.5. The maximum absolute atomic E-state index is 10.9. The molecule has 0 spiro atoms. The highest BCUT2D eigenvalue weighted by Crippen LogP contribution is 2.15. The van der Waals surface area contributed by atoms with Gasteiger partial charge in [-0.1, -0.05) is 12.1 Å². The quantitative estimate of drug-likeness (QED) is 0.799. The molecule has 1 aromatic carbocycles. The highest BCUT2D eigenvalue weighted by Gasteiger charge is 2.17. The van der Waals surface area contributed by atoms with Crippen molar-refractivity contribution in [1.82, 2.24) is 0 Å². The van der Waals surface area contributed by atoms with Gasteiger partial charge in [0.1, 0.15) is 5.75 Å². The number of benzene rings is 1. The third-order valence-electron chi connectivity index (χ3n) is 2.20. The van der Waals surface area contributed by atoms with Crippen LogP contribution in [0.5, 0.6) is 5.75 Å². The molecule has 0 saturated carbocycles. The second kappa shape index (κ2) is 6.12. The van der Waals surface area contributed by atoms with E-state index in [1.54, 1.807) is 14.0 Å². The number of methoxy groups -OCH3 is 1. The number of carboxylic acids is 1. The molecule has 0 aliphatic rings. The van der Waals surface area contributed by atoms with Crippen LogP contribution in [-0.2, 0) is 16.0 Å². The van der Waals surface area contributed by atoms with Crippen molar-refractivity contribution >= 4 is 5.97 Å². The van der Waals surface area contributed by atoms with Crippen LogP contribution in [0.4, 0.5) is 0 Å². The normalized spacial score (nSPS) is 12.1. The maximum Gasteiger partial charge on any atom is 0.333 e. The van der Waals surface area contributed by atoms with Crippen molar-refractivity contribution in [1.29, 1.82) is 0 Å². The summed E-state index contributed by atoms with van der Waals surface area (Å²) in [6.07, 6.45) is -0.447. The summed E-state index contributed by atoms with van der Waals surface area (Å²) in [7, 11) is 1.58. The maximum atomic E-state index is 10.9. The van der Waals surface area contributed by atoms with Crippen LogP contribution in [-0.4, -0.2) is 30.9 Å². The Morgan fingerprint density at radius 2 is 2.25 bits per heavy atom. The molecule has 0 radical (unpaired) electrons. The molecule has 1 atom stereocenters. The van der Waals surface area contributed by atoms with E-state index in [9.17, 15) is 4.79 Å². The Kier molecular flexibility index (Phi) is 4.79. The Hall–Kier alpha value is -1.55. The van der Waals surface area contributed by atoms with Crippen molar-refractivity contribution < 1.29 is 19.4 Å². The topological polar surface area (TPSA) is 55.8 Å². The van der Waals surface area contributed by atoms with E-state index in [4.69, 9.17) is 14.6 Å². The molecule has 4 heteroatoms. The summed E-state index contributed by atoms with van der Waals surface area (Å²) in [5.74, 6) is -0.220. The number of rotatable bonds is 6. The lowest BCUT2D eigenvalue weighted by atomic mass is 10.1. The molecule has 0 amide bonds. The average molecular weight is 224 g/mol. The lowest BCUT2D eigenvalue weighted by Crippen LogP contribution is -2.26. The highest BCUT2D eigenvalue weighted by molar-refractivity contribution is 5.72. The number of carboxylic acid groups (broad SMARTS) is 1. The summed E-state index contributed by atoms with van der Waals surface area (Å²) in [6.45, 7) is 2.17. The smallest absolute Gasteiger partial charge is 0.333 e. The summed E-state index contributed by atoms with van der Waals surface area (Å²) in [5.41, 5.74) is 0.889. The molecule has 1 aromatic rings. The van der Waals surface area contributed by atoms with Crippen molar-refractivity contribution in [2.24, 2.45) is 0 Å². The molecule has 0 saturated heterocycles. The zero-order valence-electron chi connectivity index (χ0n) is 9.47. The predicted octanol–water partition coefficient (Wildman–Crippen LogP) is 1.73. The third-order valence-corrected chi connectivity index (χ3v) is 2.20. The molecule has 0 aliphatic heterocycles. The van der Waals surface area contributed by atoms with E-state index in [1.165, 1.54) is 0 Å². The van der Waals surface area contributed by atoms with Crippen LogP contribution in [0.3, 0.4) is 0 Å². The van der Waals surface area contributed by atoms with E-state index in [2.05, 4.69) is 0 Å². The fourth-order valence-electron chi connectivity index (χ4n) is 1.43. The minimum atomic E-state index is -0.940. The van der Waals surface area contributed by atoms with Gasteiger partial charge >= 0.3 is 5.97 Å². The van der Waals surface area contributed by atoms with Gasteiger partial charge in [-0.2, -0.15) is 0 Å². The van der Waals surface area contributed by atoms with E-state index in [1.807, 2.05) is 24.3 Å². The van der Waals surface area contributed by atoms with Crippen molar-refractivity contribution in [3.05, 3.63) is 29.8 Å². The molecule has 16 heavy (non-hydrogen) atoms. The van der Waals surface area contributed by atoms with E-state index in [-0.39, 0.29) is 0 Å². The molecule has 1 rings (SSSR count). The minimum absolute atomic E-state index is 0.348. The fourth-order valence-corrected chi connectivity index (χ4v) is 1.43. The van der Waals surface area contributed by atoms with Gasteiger partial charge in [-0.25, -0.2) is 4.79 Å². The van der Waals surface area contributed by atoms with Crippen molar-refractivity contribution in [3.63, 3.8) is 0 Å². The van der Waals surface area contributed by atoms with Gasteiger partial charge in [0.05, 0.1) is 7.11 Å². The number of ether oxygens (including phenoxy) is 2. The average Bonchev–Trinajstić information content (AvgIpc) is 2.28. The van der Waals surface area contributed by atoms with Gasteiger partial charge in [0.25, 0.3) is 0 Å².